The lowest BCUT2D eigenvalue weighted by atomic mass is 9.85. The molecule has 0 spiro atoms. The van der Waals surface area contributed by atoms with Crippen LogP contribution >= 0.6 is 29.1 Å². The summed E-state index contributed by atoms with van der Waals surface area (Å²) in [6, 6.07) is 0. The maximum Gasteiger partial charge on any atom is 0.472 e. The molecular weight excluding hydrogens is 806 g/mol. The Balaban J connectivity index is -0.000000261. The van der Waals surface area contributed by atoms with Gasteiger partial charge in [-0.3, -0.25) is 18.4 Å². The molecule has 1 aliphatic carbocycles. The lowest BCUT2D eigenvalue weighted by molar-refractivity contribution is -0.216. The van der Waals surface area contributed by atoms with Crippen LogP contribution in [0.25, 0.3) is 0 Å². The van der Waals surface area contributed by atoms with Gasteiger partial charge in [-0.2, -0.15) is 13.5 Å². The Morgan fingerprint density at radius 1 is 0.649 bits per heavy atom. The predicted molar refractivity (Wildman–Crippen MR) is 234 cm³/mol. The predicted octanol–water partition coefficient (Wildman–Crippen LogP) is 4.83. The molecule has 0 aromatic rings. The fraction of sp³-hybridized carbons (Fsp3) is 0.632. The number of terminal acetylenes is 1. The third-order valence-corrected chi connectivity index (χ3v) is 9.41. The van der Waals surface area contributed by atoms with Gasteiger partial charge in [0.25, 0.3) is 0 Å². The number of hydrogen-bond acceptors (Lipinski definition) is 13. The van der Waals surface area contributed by atoms with Gasteiger partial charge in [-0.15, -0.1) is 6.42 Å². The molecule has 0 saturated heterocycles. The van der Waals surface area contributed by atoms with Crippen molar-refractivity contribution < 1.29 is 92.6 Å². The summed E-state index contributed by atoms with van der Waals surface area (Å²) < 4.78 is 48.4. The van der Waals surface area contributed by atoms with E-state index in [1.807, 2.05) is 5.92 Å². The normalized spacial score (nSPS) is 21.1. The van der Waals surface area contributed by atoms with Crippen LogP contribution in [0, 0.1) is 71.5 Å². The van der Waals surface area contributed by atoms with Gasteiger partial charge in [0.05, 0.1) is 6.61 Å². The van der Waals surface area contributed by atoms with E-state index in [4.69, 9.17) is 34.7 Å². The number of carbonyl (C=O) groups excluding carboxylic acids is 2. The lowest BCUT2D eigenvalue weighted by Crippen LogP contribution is -2.64. The Morgan fingerprint density at radius 3 is 1.60 bits per heavy atom. The van der Waals surface area contributed by atoms with Crippen molar-refractivity contribution in [3.63, 3.8) is 0 Å². The van der Waals surface area contributed by atoms with Crippen LogP contribution in [0.2, 0.25) is 0 Å². The average molecular weight is 881 g/mol. The van der Waals surface area contributed by atoms with Crippen molar-refractivity contribution in [1.29, 1.82) is 0 Å². The fourth-order valence-corrected chi connectivity index (χ4v) is 6.68. The summed E-state index contributed by atoms with van der Waals surface area (Å²) in [5, 5.41) is 40.9. The summed E-state index contributed by atoms with van der Waals surface area (Å²) in [6.45, 7) is 0.517. The minimum absolute atomic E-state index is 0. The van der Waals surface area contributed by atoms with Crippen LogP contribution in [0.5, 0.6) is 0 Å². The number of aliphatic hydroxyl groups excluding tert-OH is 4. The van der Waals surface area contributed by atoms with Gasteiger partial charge in [0.1, 0.15) is 43.2 Å². The van der Waals surface area contributed by atoms with Crippen LogP contribution in [0.3, 0.4) is 0 Å². The van der Waals surface area contributed by atoms with Crippen molar-refractivity contribution in [2.45, 2.75) is 140 Å². The Kier molecular flexibility index (Phi) is 29.0. The topological polar surface area (TPSA) is 256 Å². The molecule has 8 atom stereocenters. The first-order chi connectivity index (χ1) is 26.6. The Morgan fingerprint density at radius 2 is 1.11 bits per heavy atom. The molecule has 1 rings (SSSR count). The fourth-order valence-electron chi connectivity index (χ4n) is 5.14. The number of hydrogen-bond donors (Lipinski definition) is 7. The van der Waals surface area contributed by atoms with Crippen LogP contribution in [0.4, 0.5) is 0 Å². The minimum Gasteiger partial charge on any atom is -0.456 e. The highest BCUT2D eigenvalue weighted by molar-refractivity contribution is 7.59. The molecule has 0 radical (unpaired) electrons. The minimum atomic E-state index is -5.39. The Hall–Kier alpha value is -3.29. The van der Waals surface area contributed by atoms with Gasteiger partial charge in [0.15, 0.2) is 6.10 Å². The van der Waals surface area contributed by atoms with Crippen molar-refractivity contribution in [3.05, 3.63) is 0 Å². The van der Waals surface area contributed by atoms with E-state index in [2.05, 4.69) is 70.7 Å². The van der Waals surface area contributed by atoms with Crippen LogP contribution < -0.4 is 0 Å². The van der Waals surface area contributed by atoms with Gasteiger partial charge in [0, 0.05) is 28.0 Å². The standard InChI is InChI=1S/C38H50O16P2.H2S.11H2/c1-3-5-7-9-11-13-15-16-17-19-21-23-25-27-32(40)52-30(28-50-31(39)26-24-22-20-18-14-12-10-8-6-4-2)29-51-56(48,49)54-38-35(43)33(41)34(42)37(36(38)44)53-55(45,46)47;;;;;;;;;;;;/h2,30,33-38,41-44H,3,5,7,9,11,13,15-17,19,21,23,25,27-29H2,1H3,(H,48,49)(H2,45,46,47);1H2;11*1H/t30-,33-,34+,35?,36+,37?,38?;;;;;;;;;;;;/m1............/s1. The first-order valence-electron chi connectivity index (χ1n) is 18.1. The highest BCUT2D eigenvalue weighted by Gasteiger charge is 2.54. The van der Waals surface area contributed by atoms with Crippen molar-refractivity contribution in [2.24, 2.45) is 0 Å². The van der Waals surface area contributed by atoms with Crippen LogP contribution in [-0.2, 0) is 41.8 Å². The Bertz CT molecular complexity index is 1750. The maximum absolute atomic E-state index is 12.8. The zero-order chi connectivity index (χ0) is 41.8. The third kappa shape index (κ3) is 25.6. The van der Waals surface area contributed by atoms with Crippen molar-refractivity contribution in [2.75, 3.05) is 13.2 Å². The zero-order valence-electron chi connectivity index (χ0n) is 31.6. The number of carbonyl (C=O) groups is 2. The number of esters is 2. The number of unbranched alkanes of at least 4 members (excludes halogenated alkanes) is 12. The second kappa shape index (κ2) is 30.7. The summed E-state index contributed by atoms with van der Waals surface area (Å²) >= 11 is 0. The molecule has 4 unspecified atom stereocenters. The third-order valence-electron chi connectivity index (χ3n) is 7.90. The molecule has 19 heteroatoms. The summed E-state index contributed by atoms with van der Waals surface area (Å²) in [5.41, 5.74) is 0. The highest BCUT2D eigenvalue weighted by Crippen LogP contribution is 2.49. The van der Waals surface area contributed by atoms with E-state index < -0.39 is 83.5 Å². The van der Waals surface area contributed by atoms with E-state index in [1.54, 1.807) is 0 Å². The number of rotatable bonds is 24. The molecular formula is C38H74O16P2S. The molecule has 0 aliphatic heterocycles. The number of ether oxygens (including phenoxy) is 2. The second-order valence-electron chi connectivity index (χ2n) is 12.5. The van der Waals surface area contributed by atoms with Gasteiger partial charge in [-0.1, -0.05) is 84.0 Å². The maximum atomic E-state index is 12.8. The lowest BCUT2D eigenvalue weighted by Gasteiger charge is -2.43. The van der Waals surface area contributed by atoms with E-state index in [0.29, 0.717) is 6.42 Å². The van der Waals surface area contributed by atoms with Gasteiger partial charge in [-0.05, 0) is 65.6 Å². The van der Waals surface area contributed by atoms with Crippen LogP contribution in [0.1, 0.15) is 113 Å². The van der Waals surface area contributed by atoms with Crippen molar-refractivity contribution in [3.8, 4) is 71.5 Å². The number of phosphoric ester groups is 2. The van der Waals surface area contributed by atoms with Gasteiger partial charge in [0.2, 0.25) is 0 Å². The second-order valence-corrected chi connectivity index (χ2v) is 15.1. The smallest absolute Gasteiger partial charge is 0.456 e. The Labute approximate surface area is 357 Å². The average Bonchev–Trinajstić information content (AvgIpc) is 3.14. The van der Waals surface area contributed by atoms with Crippen molar-refractivity contribution in [1.82, 2.24) is 0 Å². The molecule has 0 aromatic carbocycles. The molecule has 1 fully saturated rings. The number of aliphatic hydroxyl groups is 4. The SMILES string of the molecule is C#CC#CC#CC#CC#CC#CC(=O)OC[C@H](COP(=O)(O)OC1C(O)[C@H](O)[C@H](O)C(OP(=O)(O)O)[C@@H]1O)OC(=O)CCCCCCCCCCCCCCC.S.[HH].[HH].[HH].[HH].[HH].[HH].[HH].[HH].[HH].[HH].[HH]. The van der Waals surface area contributed by atoms with Gasteiger partial charge >= 0.3 is 27.6 Å². The van der Waals surface area contributed by atoms with Crippen LogP contribution in [0.15, 0.2) is 0 Å². The largest absolute Gasteiger partial charge is 0.472 e. The summed E-state index contributed by atoms with van der Waals surface area (Å²) in [7, 11) is -10.8. The first-order valence-corrected chi connectivity index (χ1v) is 21.1. The molecule has 7 N–H and O–H groups in total. The molecule has 57 heavy (non-hydrogen) atoms. The number of phosphoric acid groups is 2. The molecule has 0 bridgehead atoms. The first kappa shape index (κ1) is 53.7. The van der Waals surface area contributed by atoms with E-state index in [9.17, 15) is 44.0 Å². The van der Waals surface area contributed by atoms with E-state index in [-0.39, 0.29) is 35.6 Å². The molecule has 338 valence electrons. The quantitative estimate of drug-likeness (QED) is 0.0225. The van der Waals surface area contributed by atoms with E-state index >= 15 is 0 Å². The molecule has 0 aromatic heterocycles. The van der Waals surface area contributed by atoms with Crippen LogP contribution in [-0.4, -0.2) is 103 Å². The summed E-state index contributed by atoms with van der Waals surface area (Å²) in [4.78, 5) is 53.4. The van der Waals surface area contributed by atoms with Gasteiger partial charge < -0.3 is 44.6 Å². The monoisotopic (exact) mass is 880 g/mol. The molecule has 16 nitrogen and oxygen atoms in total. The van der Waals surface area contributed by atoms with E-state index in [1.165, 1.54) is 44.9 Å². The van der Waals surface area contributed by atoms with Crippen molar-refractivity contribution >= 4 is 41.1 Å². The summed E-state index contributed by atoms with van der Waals surface area (Å²) in [6.07, 6.45) is 3.86. The molecule has 0 heterocycles. The molecule has 0 amide bonds. The van der Waals surface area contributed by atoms with E-state index in [0.717, 1.165) is 32.1 Å². The zero-order valence-corrected chi connectivity index (χ0v) is 34.4. The molecule has 1 aliphatic rings. The molecule has 1 saturated carbocycles. The van der Waals surface area contributed by atoms with Gasteiger partial charge in [-0.25, -0.2) is 13.9 Å². The highest BCUT2D eigenvalue weighted by atomic mass is 32.1. The summed E-state index contributed by atoms with van der Waals surface area (Å²) in [5.74, 6) is 23.0.